The first kappa shape index (κ1) is 10.1. The number of anilines is 1. The number of hydrogen-bond acceptors (Lipinski definition) is 2. The van der Waals surface area contributed by atoms with Gasteiger partial charge in [-0.25, -0.2) is 0 Å². The van der Waals surface area contributed by atoms with E-state index >= 15 is 0 Å². The van der Waals surface area contributed by atoms with Gasteiger partial charge in [0, 0.05) is 12.8 Å². The van der Waals surface area contributed by atoms with Gasteiger partial charge < -0.3 is 10.1 Å². The van der Waals surface area contributed by atoms with Gasteiger partial charge in [-0.2, -0.15) is 0 Å². The molecule has 0 saturated carbocycles. The number of hydrogen-bond donors (Lipinski definition) is 1. The highest BCUT2D eigenvalue weighted by Crippen LogP contribution is 2.21. The zero-order valence-electron chi connectivity index (χ0n) is 8.77. The zero-order chi connectivity index (χ0) is 9.84. The van der Waals surface area contributed by atoms with Gasteiger partial charge in [0.1, 0.15) is 6.73 Å². The molecule has 0 aliphatic rings. The third-order valence-electron chi connectivity index (χ3n) is 2.07. The van der Waals surface area contributed by atoms with Crippen molar-refractivity contribution in [2.75, 3.05) is 19.2 Å². The van der Waals surface area contributed by atoms with Gasteiger partial charge in [0.25, 0.3) is 0 Å². The summed E-state index contributed by atoms with van der Waals surface area (Å²) in [5.74, 6) is 0. The molecule has 0 aliphatic carbocycles. The minimum Gasteiger partial charge on any atom is -0.365 e. The largest absolute Gasteiger partial charge is 0.365 e. The molecule has 0 radical (unpaired) electrons. The van der Waals surface area contributed by atoms with E-state index in [1.165, 1.54) is 22.4 Å². The summed E-state index contributed by atoms with van der Waals surface area (Å²) in [6.07, 6.45) is 0. The van der Waals surface area contributed by atoms with Gasteiger partial charge in [0.15, 0.2) is 0 Å². The minimum atomic E-state index is 0.560. The number of methoxy groups -OCH3 is 1. The molecule has 72 valence electrons. The Balaban J connectivity index is 2.92. The maximum Gasteiger partial charge on any atom is 0.116 e. The topological polar surface area (TPSA) is 21.3 Å². The van der Waals surface area contributed by atoms with Crippen molar-refractivity contribution in [1.82, 2.24) is 0 Å². The summed E-state index contributed by atoms with van der Waals surface area (Å²) in [7, 11) is 1.69. The Labute approximate surface area is 79.9 Å². The fourth-order valence-corrected chi connectivity index (χ4v) is 1.60. The number of benzene rings is 1. The summed E-state index contributed by atoms with van der Waals surface area (Å²) in [5.41, 5.74) is 5.04. The molecule has 0 saturated heterocycles. The SMILES string of the molecule is COCNc1c(C)cc(C)cc1C. The van der Waals surface area contributed by atoms with E-state index in [1.807, 2.05) is 0 Å². The van der Waals surface area contributed by atoms with E-state index < -0.39 is 0 Å². The van der Waals surface area contributed by atoms with Gasteiger partial charge in [-0.15, -0.1) is 0 Å². The van der Waals surface area contributed by atoms with E-state index in [4.69, 9.17) is 4.74 Å². The quantitative estimate of drug-likeness (QED) is 0.720. The van der Waals surface area contributed by atoms with Crippen LogP contribution in [-0.4, -0.2) is 13.8 Å². The second kappa shape index (κ2) is 4.28. The normalized spacial score (nSPS) is 10.2. The van der Waals surface area contributed by atoms with Gasteiger partial charge in [-0.1, -0.05) is 17.7 Å². The molecule has 0 unspecified atom stereocenters. The molecular formula is C11H17NO. The Morgan fingerprint density at radius 2 is 1.69 bits per heavy atom. The predicted molar refractivity (Wildman–Crippen MR) is 56.2 cm³/mol. The van der Waals surface area contributed by atoms with Gasteiger partial charge >= 0.3 is 0 Å². The van der Waals surface area contributed by atoms with E-state index in [9.17, 15) is 0 Å². The van der Waals surface area contributed by atoms with Crippen molar-refractivity contribution in [3.63, 3.8) is 0 Å². The molecule has 1 rings (SSSR count). The van der Waals surface area contributed by atoms with Crippen LogP contribution in [0.2, 0.25) is 0 Å². The van der Waals surface area contributed by atoms with E-state index in [0.29, 0.717) is 6.73 Å². The second-order valence-corrected chi connectivity index (χ2v) is 3.38. The second-order valence-electron chi connectivity index (χ2n) is 3.38. The van der Waals surface area contributed by atoms with E-state index in [0.717, 1.165) is 0 Å². The fourth-order valence-electron chi connectivity index (χ4n) is 1.60. The van der Waals surface area contributed by atoms with Crippen molar-refractivity contribution in [2.24, 2.45) is 0 Å². The van der Waals surface area contributed by atoms with E-state index in [-0.39, 0.29) is 0 Å². The van der Waals surface area contributed by atoms with Crippen LogP contribution in [0.15, 0.2) is 12.1 Å². The van der Waals surface area contributed by atoms with Crippen LogP contribution in [0.4, 0.5) is 5.69 Å². The average Bonchev–Trinajstić information content (AvgIpc) is 2.02. The first-order chi connectivity index (χ1) is 6.15. The third kappa shape index (κ3) is 2.46. The van der Waals surface area contributed by atoms with E-state index in [2.05, 4.69) is 38.2 Å². The van der Waals surface area contributed by atoms with Crippen LogP contribution in [0.25, 0.3) is 0 Å². The zero-order valence-corrected chi connectivity index (χ0v) is 8.77. The molecule has 0 aromatic heterocycles. The van der Waals surface area contributed by atoms with Crippen LogP contribution < -0.4 is 5.32 Å². The van der Waals surface area contributed by atoms with Crippen molar-refractivity contribution < 1.29 is 4.74 Å². The van der Waals surface area contributed by atoms with Crippen LogP contribution in [0.1, 0.15) is 16.7 Å². The summed E-state index contributed by atoms with van der Waals surface area (Å²) in [5, 5.41) is 3.24. The van der Waals surface area contributed by atoms with Gasteiger partial charge in [0.2, 0.25) is 0 Å². The van der Waals surface area contributed by atoms with Crippen molar-refractivity contribution in [1.29, 1.82) is 0 Å². The molecule has 0 amide bonds. The number of ether oxygens (including phenoxy) is 1. The highest BCUT2D eigenvalue weighted by Gasteiger charge is 2.01. The molecular weight excluding hydrogens is 162 g/mol. The molecule has 0 fully saturated rings. The van der Waals surface area contributed by atoms with Crippen LogP contribution in [-0.2, 0) is 4.74 Å². The molecule has 2 nitrogen and oxygen atoms in total. The van der Waals surface area contributed by atoms with Crippen molar-refractivity contribution in [2.45, 2.75) is 20.8 Å². The fraction of sp³-hybridized carbons (Fsp3) is 0.455. The summed E-state index contributed by atoms with van der Waals surface area (Å²) in [6, 6.07) is 4.34. The first-order valence-electron chi connectivity index (χ1n) is 4.46. The summed E-state index contributed by atoms with van der Waals surface area (Å²) >= 11 is 0. The molecule has 0 heterocycles. The maximum absolute atomic E-state index is 4.97. The van der Waals surface area contributed by atoms with Crippen LogP contribution >= 0.6 is 0 Å². The molecule has 0 bridgehead atoms. The number of aryl methyl sites for hydroxylation is 3. The minimum absolute atomic E-state index is 0.560. The molecule has 0 atom stereocenters. The highest BCUT2D eigenvalue weighted by atomic mass is 16.5. The standard InChI is InChI=1S/C11H17NO/c1-8-5-9(2)11(10(3)6-8)12-7-13-4/h5-6,12H,7H2,1-4H3. The van der Waals surface area contributed by atoms with Gasteiger partial charge in [-0.05, 0) is 31.9 Å². The third-order valence-corrected chi connectivity index (χ3v) is 2.07. The lowest BCUT2D eigenvalue weighted by Crippen LogP contribution is -2.06. The summed E-state index contributed by atoms with van der Waals surface area (Å²) < 4.78 is 4.97. The first-order valence-corrected chi connectivity index (χ1v) is 4.46. The Kier molecular flexibility index (Phi) is 3.32. The summed E-state index contributed by atoms with van der Waals surface area (Å²) in [4.78, 5) is 0. The Hall–Kier alpha value is -1.02. The lowest BCUT2D eigenvalue weighted by atomic mass is 10.1. The van der Waals surface area contributed by atoms with Gasteiger partial charge in [-0.3, -0.25) is 0 Å². The molecule has 0 spiro atoms. The number of rotatable bonds is 3. The lowest BCUT2D eigenvalue weighted by Gasteiger charge is -2.12. The van der Waals surface area contributed by atoms with Crippen LogP contribution in [0, 0.1) is 20.8 Å². The monoisotopic (exact) mass is 179 g/mol. The smallest absolute Gasteiger partial charge is 0.116 e. The molecule has 1 aromatic carbocycles. The van der Waals surface area contributed by atoms with Crippen LogP contribution in [0.3, 0.4) is 0 Å². The van der Waals surface area contributed by atoms with Crippen molar-refractivity contribution >= 4 is 5.69 Å². The Morgan fingerprint density at radius 1 is 1.15 bits per heavy atom. The maximum atomic E-state index is 4.97. The summed E-state index contributed by atoms with van der Waals surface area (Å²) in [6.45, 7) is 6.89. The molecule has 2 heteroatoms. The molecule has 1 N–H and O–H groups in total. The van der Waals surface area contributed by atoms with Crippen molar-refractivity contribution in [3.05, 3.63) is 28.8 Å². The van der Waals surface area contributed by atoms with Gasteiger partial charge in [0.05, 0.1) is 0 Å². The highest BCUT2D eigenvalue weighted by molar-refractivity contribution is 5.57. The Bertz CT molecular complexity index is 271. The Morgan fingerprint density at radius 3 is 2.15 bits per heavy atom. The average molecular weight is 179 g/mol. The number of nitrogens with one attached hydrogen (secondary N) is 1. The lowest BCUT2D eigenvalue weighted by molar-refractivity contribution is 0.221. The van der Waals surface area contributed by atoms with E-state index in [1.54, 1.807) is 7.11 Å². The van der Waals surface area contributed by atoms with Crippen molar-refractivity contribution in [3.8, 4) is 0 Å². The van der Waals surface area contributed by atoms with Crippen LogP contribution in [0.5, 0.6) is 0 Å². The molecule has 0 aliphatic heterocycles. The molecule has 13 heavy (non-hydrogen) atoms. The predicted octanol–water partition coefficient (Wildman–Crippen LogP) is 2.63. The molecule has 1 aromatic rings.